The Balaban J connectivity index is 1.42. The van der Waals surface area contributed by atoms with E-state index in [0.717, 1.165) is 42.0 Å². The fraction of sp³-hybridized carbons (Fsp3) is 0.296. The predicted octanol–water partition coefficient (Wildman–Crippen LogP) is 4.30. The highest BCUT2D eigenvalue weighted by molar-refractivity contribution is 7.17. The van der Waals surface area contributed by atoms with Crippen LogP contribution in [0.4, 0.5) is 5.95 Å². The quantitative estimate of drug-likeness (QED) is 0.438. The fourth-order valence-corrected chi connectivity index (χ4v) is 5.35. The lowest BCUT2D eigenvalue weighted by Gasteiger charge is -2.34. The van der Waals surface area contributed by atoms with Gasteiger partial charge in [0.25, 0.3) is 5.56 Å². The fourth-order valence-electron chi connectivity index (χ4n) is 4.59. The van der Waals surface area contributed by atoms with Gasteiger partial charge in [0.2, 0.25) is 11.9 Å². The molecule has 0 aliphatic carbocycles. The van der Waals surface area contributed by atoms with Gasteiger partial charge in [-0.25, -0.2) is 9.55 Å². The molecule has 2 aromatic carbocycles. The number of benzene rings is 2. The van der Waals surface area contributed by atoms with Gasteiger partial charge in [-0.1, -0.05) is 35.9 Å². The molecule has 0 spiro atoms. The number of piperidine rings is 1. The van der Waals surface area contributed by atoms with Gasteiger partial charge in [-0.05, 0) is 49.4 Å². The highest BCUT2D eigenvalue weighted by Crippen LogP contribution is 2.27. The summed E-state index contributed by atoms with van der Waals surface area (Å²) < 4.78 is 7.73. The Morgan fingerprint density at radius 1 is 1.17 bits per heavy atom. The summed E-state index contributed by atoms with van der Waals surface area (Å²) in [6.07, 6.45) is 1.64. The van der Waals surface area contributed by atoms with E-state index in [2.05, 4.69) is 10.2 Å². The van der Waals surface area contributed by atoms with Crippen LogP contribution in [0.15, 0.2) is 64.8 Å². The molecule has 3 heterocycles. The zero-order valence-corrected chi connectivity index (χ0v) is 20.7. The van der Waals surface area contributed by atoms with Crippen LogP contribution in [0, 0.1) is 12.8 Å². The largest absolute Gasteiger partial charge is 0.496 e. The van der Waals surface area contributed by atoms with Gasteiger partial charge in [0.15, 0.2) is 0 Å². The summed E-state index contributed by atoms with van der Waals surface area (Å²) in [5, 5.41) is 4.97. The predicted molar refractivity (Wildman–Crippen MR) is 140 cm³/mol. The number of nitrogens with zero attached hydrogens (tertiary/aromatic N) is 3. The number of hydrogen-bond acceptors (Lipinski definition) is 6. The van der Waals surface area contributed by atoms with E-state index >= 15 is 0 Å². The number of hydrogen-bond donors (Lipinski definition) is 1. The molecule has 1 saturated heterocycles. The maximum absolute atomic E-state index is 13.5. The summed E-state index contributed by atoms with van der Waals surface area (Å²) >= 11 is 1.41. The lowest BCUT2D eigenvalue weighted by atomic mass is 9.97. The smallest absolute Gasteiger partial charge is 0.277 e. The second kappa shape index (κ2) is 9.92. The summed E-state index contributed by atoms with van der Waals surface area (Å²) in [6.45, 7) is 3.68. The molecule has 1 aliphatic heterocycles. The van der Waals surface area contributed by atoms with Gasteiger partial charge in [0.1, 0.15) is 10.4 Å². The van der Waals surface area contributed by atoms with Gasteiger partial charge >= 0.3 is 0 Å². The average Bonchev–Trinajstić information content (AvgIpc) is 3.37. The second-order valence-electron chi connectivity index (χ2n) is 8.84. The molecular formula is C27H28N4O3S. The van der Waals surface area contributed by atoms with Crippen molar-refractivity contribution < 1.29 is 9.53 Å². The number of para-hydroxylation sites is 1. The third kappa shape index (κ3) is 4.66. The van der Waals surface area contributed by atoms with E-state index < -0.39 is 0 Å². The van der Waals surface area contributed by atoms with E-state index in [9.17, 15) is 9.59 Å². The Kier molecular flexibility index (Phi) is 6.55. The topological polar surface area (TPSA) is 76.5 Å². The Morgan fingerprint density at radius 3 is 2.77 bits per heavy atom. The number of rotatable bonds is 6. The molecular weight excluding hydrogens is 460 g/mol. The molecule has 1 fully saturated rings. The lowest BCUT2D eigenvalue weighted by molar-refractivity contribution is -0.125. The molecule has 0 unspecified atom stereocenters. The van der Waals surface area contributed by atoms with Crippen LogP contribution in [0.3, 0.4) is 0 Å². The average molecular weight is 489 g/mol. The van der Waals surface area contributed by atoms with Crippen molar-refractivity contribution in [2.24, 2.45) is 5.92 Å². The summed E-state index contributed by atoms with van der Waals surface area (Å²) in [7, 11) is 1.63. The highest BCUT2D eigenvalue weighted by atomic mass is 32.1. The van der Waals surface area contributed by atoms with Crippen LogP contribution < -0.4 is 20.5 Å². The molecule has 180 valence electrons. The summed E-state index contributed by atoms with van der Waals surface area (Å²) in [5.41, 5.74) is 3.46. The van der Waals surface area contributed by atoms with Crippen molar-refractivity contribution in [1.82, 2.24) is 14.9 Å². The number of aromatic nitrogens is 2. The second-order valence-corrected chi connectivity index (χ2v) is 9.75. The lowest BCUT2D eigenvalue weighted by Crippen LogP contribution is -2.45. The minimum absolute atomic E-state index is 0.00134. The van der Waals surface area contributed by atoms with Gasteiger partial charge in [-0.15, -0.1) is 11.3 Å². The van der Waals surface area contributed by atoms with E-state index in [4.69, 9.17) is 9.72 Å². The molecule has 0 bridgehead atoms. The maximum atomic E-state index is 13.5. The van der Waals surface area contributed by atoms with Gasteiger partial charge in [0, 0.05) is 25.2 Å². The standard InChI is InChI=1S/C27H28N4O3S/c1-18-9-11-21(12-10-18)31-26(33)24-22(13-15-35-24)29-27(31)30-14-5-7-20(17-30)25(32)28-16-19-6-3-4-8-23(19)34-2/h3-4,6,8-13,15,20H,5,7,14,16-17H2,1-2H3,(H,28,32)/t20-/m1/s1. The zero-order chi connectivity index (χ0) is 24.4. The molecule has 4 aromatic rings. The molecule has 1 N–H and O–H groups in total. The first kappa shape index (κ1) is 23.1. The van der Waals surface area contributed by atoms with Crippen LogP contribution in [0.5, 0.6) is 5.75 Å². The van der Waals surface area contributed by atoms with E-state index in [-0.39, 0.29) is 17.4 Å². The SMILES string of the molecule is COc1ccccc1CNC(=O)[C@@H]1CCCN(c2nc3ccsc3c(=O)n2-c2ccc(C)cc2)C1. The number of thiophene rings is 1. The number of nitrogens with one attached hydrogen (secondary N) is 1. The van der Waals surface area contributed by atoms with Crippen LogP contribution in [0.25, 0.3) is 15.9 Å². The van der Waals surface area contributed by atoms with E-state index in [1.807, 2.05) is 66.9 Å². The molecule has 8 heteroatoms. The Labute approximate surface area is 208 Å². The number of carbonyl (C=O) groups excluding carboxylic acids is 1. The van der Waals surface area contributed by atoms with Crippen LogP contribution >= 0.6 is 11.3 Å². The molecule has 35 heavy (non-hydrogen) atoms. The van der Waals surface area contributed by atoms with Crippen molar-refractivity contribution in [2.75, 3.05) is 25.1 Å². The molecule has 5 rings (SSSR count). The van der Waals surface area contributed by atoms with E-state index in [0.29, 0.717) is 29.3 Å². The van der Waals surface area contributed by atoms with Crippen LogP contribution in [0.2, 0.25) is 0 Å². The Morgan fingerprint density at radius 2 is 1.97 bits per heavy atom. The Bertz CT molecular complexity index is 1410. The summed E-state index contributed by atoms with van der Waals surface area (Å²) in [5.74, 6) is 1.15. The molecule has 7 nitrogen and oxygen atoms in total. The molecule has 1 amide bonds. The molecule has 1 atom stereocenters. The van der Waals surface area contributed by atoms with Gasteiger partial charge < -0.3 is 15.0 Å². The van der Waals surface area contributed by atoms with E-state index in [1.54, 1.807) is 11.7 Å². The summed E-state index contributed by atoms with van der Waals surface area (Å²) in [4.78, 5) is 33.6. The zero-order valence-electron chi connectivity index (χ0n) is 19.9. The number of methoxy groups -OCH3 is 1. The van der Waals surface area contributed by atoms with Crippen molar-refractivity contribution in [2.45, 2.75) is 26.3 Å². The van der Waals surface area contributed by atoms with Crippen LogP contribution in [-0.4, -0.2) is 35.7 Å². The molecule has 0 radical (unpaired) electrons. The monoisotopic (exact) mass is 488 g/mol. The number of amides is 1. The first-order chi connectivity index (χ1) is 17.0. The van der Waals surface area contributed by atoms with Crippen molar-refractivity contribution in [3.05, 3.63) is 81.5 Å². The van der Waals surface area contributed by atoms with Gasteiger partial charge in [-0.3, -0.25) is 9.59 Å². The van der Waals surface area contributed by atoms with Crippen molar-refractivity contribution >= 4 is 33.4 Å². The minimum Gasteiger partial charge on any atom is -0.496 e. The van der Waals surface area contributed by atoms with Crippen LogP contribution in [-0.2, 0) is 11.3 Å². The van der Waals surface area contributed by atoms with Crippen LogP contribution in [0.1, 0.15) is 24.0 Å². The number of carbonyl (C=O) groups is 1. The molecule has 1 aliphatic rings. The highest BCUT2D eigenvalue weighted by Gasteiger charge is 2.29. The van der Waals surface area contributed by atoms with Crippen molar-refractivity contribution in [3.63, 3.8) is 0 Å². The number of fused-ring (bicyclic) bond motifs is 1. The first-order valence-electron chi connectivity index (χ1n) is 11.8. The van der Waals surface area contributed by atoms with E-state index in [1.165, 1.54) is 11.3 Å². The maximum Gasteiger partial charge on any atom is 0.277 e. The number of aryl methyl sites for hydroxylation is 1. The summed E-state index contributed by atoms with van der Waals surface area (Å²) in [6, 6.07) is 17.4. The normalized spacial score (nSPS) is 15.8. The van der Waals surface area contributed by atoms with Gasteiger partial charge in [-0.2, -0.15) is 0 Å². The number of ether oxygens (including phenoxy) is 1. The minimum atomic E-state index is -0.194. The van der Waals surface area contributed by atoms with Gasteiger partial charge in [0.05, 0.1) is 24.2 Å². The Hall–Kier alpha value is -3.65. The van der Waals surface area contributed by atoms with Crippen molar-refractivity contribution in [1.29, 1.82) is 0 Å². The van der Waals surface area contributed by atoms with Crippen molar-refractivity contribution in [3.8, 4) is 11.4 Å². The first-order valence-corrected chi connectivity index (χ1v) is 12.6. The molecule has 0 saturated carbocycles. The third-order valence-electron chi connectivity index (χ3n) is 6.48. The molecule has 2 aromatic heterocycles. The number of anilines is 1. The third-order valence-corrected chi connectivity index (χ3v) is 7.37.